The third kappa shape index (κ3) is 6.36. The van der Waals surface area contributed by atoms with Crippen LogP contribution in [-0.4, -0.2) is 0 Å². The number of hydrogen-bond donors (Lipinski definition) is 0. The van der Waals surface area contributed by atoms with Gasteiger partial charge in [0, 0.05) is 16.9 Å². The van der Waals surface area contributed by atoms with Crippen molar-refractivity contribution in [1.29, 1.82) is 0 Å². The van der Waals surface area contributed by atoms with Crippen LogP contribution in [0.25, 0.3) is 77.2 Å². The molecule has 0 aliphatic rings. The van der Waals surface area contributed by atoms with Crippen molar-refractivity contribution < 1.29 is 0 Å². The van der Waals surface area contributed by atoms with Crippen molar-refractivity contribution >= 4 is 38.6 Å². The van der Waals surface area contributed by atoms with Crippen LogP contribution in [0.2, 0.25) is 0 Å². The van der Waals surface area contributed by atoms with E-state index in [9.17, 15) is 0 Å². The number of nitrogens with zero attached hydrogens (tertiary/aromatic N) is 1. The first-order chi connectivity index (χ1) is 28.3. The first-order valence-electron chi connectivity index (χ1n) is 19.6. The molecule has 268 valence electrons. The Morgan fingerprint density at radius 3 is 1.40 bits per heavy atom. The minimum absolute atomic E-state index is 1.09. The normalized spacial score (nSPS) is 11.2. The van der Waals surface area contributed by atoms with Gasteiger partial charge in [-0.15, -0.1) is 0 Å². The van der Waals surface area contributed by atoms with Gasteiger partial charge in [-0.25, -0.2) is 0 Å². The Hall–Kier alpha value is -7.48. The second kappa shape index (κ2) is 15.0. The highest BCUT2D eigenvalue weighted by atomic mass is 15.1. The first kappa shape index (κ1) is 34.0. The Bertz CT molecular complexity index is 2970. The van der Waals surface area contributed by atoms with Gasteiger partial charge in [-0.2, -0.15) is 0 Å². The lowest BCUT2D eigenvalue weighted by atomic mass is 9.82. The number of para-hydroxylation sites is 1. The highest BCUT2D eigenvalue weighted by Gasteiger charge is 2.22. The SMILES string of the molecule is c1ccc(-c2cccc(N(c3ccc(-c4cccc5c4c(-c4ccccc4)c(-c4ccccc4)c4ccccc45)cc3)c3ccccc3-c3ccccc3)c2)cc1. The van der Waals surface area contributed by atoms with E-state index >= 15 is 0 Å². The van der Waals surface area contributed by atoms with Crippen LogP contribution in [0.4, 0.5) is 17.1 Å². The monoisotopic (exact) mass is 725 g/mol. The summed E-state index contributed by atoms with van der Waals surface area (Å²) in [5, 5.41) is 5.03. The molecule has 0 heterocycles. The maximum absolute atomic E-state index is 2.40. The maximum Gasteiger partial charge on any atom is 0.0540 e. The molecule has 0 spiro atoms. The zero-order chi connectivity index (χ0) is 38.0. The number of fused-ring (bicyclic) bond motifs is 3. The van der Waals surface area contributed by atoms with Crippen LogP contribution in [0, 0.1) is 0 Å². The fourth-order valence-corrected chi connectivity index (χ4v) is 8.48. The Kier molecular flexibility index (Phi) is 8.95. The van der Waals surface area contributed by atoms with Crippen molar-refractivity contribution in [3.8, 4) is 55.6 Å². The van der Waals surface area contributed by atoms with E-state index in [1.165, 1.54) is 77.2 Å². The predicted molar refractivity (Wildman–Crippen MR) is 243 cm³/mol. The molecule has 0 aliphatic heterocycles. The second-order valence-corrected chi connectivity index (χ2v) is 14.4. The zero-order valence-electron chi connectivity index (χ0n) is 31.5. The van der Waals surface area contributed by atoms with Gasteiger partial charge < -0.3 is 4.90 Å². The molecule has 0 saturated heterocycles. The molecule has 0 aliphatic carbocycles. The Morgan fingerprint density at radius 1 is 0.246 bits per heavy atom. The van der Waals surface area contributed by atoms with Gasteiger partial charge in [0.15, 0.2) is 0 Å². The van der Waals surface area contributed by atoms with E-state index in [0.717, 1.165) is 17.1 Å². The van der Waals surface area contributed by atoms with Crippen LogP contribution in [0.3, 0.4) is 0 Å². The smallest absolute Gasteiger partial charge is 0.0540 e. The van der Waals surface area contributed by atoms with Crippen molar-refractivity contribution in [1.82, 2.24) is 0 Å². The van der Waals surface area contributed by atoms with Crippen LogP contribution < -0.4 is 4.90 Å². The third-order valence-electron chi connectivity index (χ3n) is 11.1. The van der Waals surface area contributed by atoms with Crippen LogP contribution in [-0.2, 0) is 0 Å². The highest BCUT2D eigenvalue weighted by molar-refractivity contribution is 6.24. The summed E-state index contributed by atoms with van der Waals surface area (Å²) in [6.07, 6.45) is 0. The van der Waals surface area contributed by atoms with Gasteiger partial charge in [-0.3, -0.25) is 0 Å². The number of benzene rings is 10. The van der Waals surface area contributed by atoms with Crippen LogP contribution in [0.15, 0.2) is 237 Å². The molecule has 0 amide bonds. The van der Waals surface area contributed by atoms with Gasteiger partial charge in [-0.1, -0.05) is 206 Å². The molecule has 57 heavy (non-hydrogen) atoms. The Labute approximate surface area is 334 Å². The first-order valence-corrected chi connectivity index (χ1v) is 19.6. The second-order valence-electron chi connectivity index (χ2n) is 14.4. The molecule has 1 nitrogen and oxygen atoms in total. The molecule has 1 heteroatoms. The molecule has 0 N–H and O–H groups in total. The average molecular weight is 726 g/mol. The van der Waals surface area contributed by atoms with Crippen LogP contribution in [0.1, 0.15) is 0 Å². The minimum atomic E-state index is 1.09. The number of hydrogen-bond acceptors (Lipinski definition) is 1. The van der Waals surface area contributed by atoms with E-state index in [2.05, 4.69) is 241 Å². The standard InChI is InChI=1S/C56H39N/c1-5-19-40(20-6-1)45-27-17-28-47(39-45)57(53-34-16-15-29-48(53)41-21-7-2-8-22-41)46-37-35-42(36-38-46)49-32-18-33-52-50-30-13-14-31-51(50)54(43-23-9-3-10-24-43)55(56(49)52)44-25-11-4-12-26-44/h1-39H. The van der Waals surface area contributed by atoms with Gasteiger partial charge in [0.05, 0.1) is 5.69 Å². The number of anilines is 3. The lowest BCUT2D eigenvalue weighted by Crippen LogP contribution is -2.11. The van der Waals surface area contributed by atoms with Gasteiger partial charge in [0.1, 0.15) is 0 Å². The predicted octanol–water partition coefficient (Wildman–Crippen LogP) is 15.8. The fraction of sp³-hybridized carbons (Fsp3) is 0. The molecular formula is C56H39N. The molecule has 0 aromatic heterocycles. The van der Waals surface area contributed by atoms with E-state index in [1.54, 1.807) is 0 Å². The molecule has 10 aromatic carbocycles. The summed E-state index contributed by atoms with van der Waals surface area (Å²) >= 11 is 0. The fourth-order valence-electron chi connectivity index (χ4n) is 8.48. The largest absolute Gasteiger partial charge is 0.310 e. The van der Waals surface area contributed by atoms with Crippen molar-refractivity contribution in [2.45, 2.75) is 0 Å². The zero-order valence-corrected chi connectivity index (χ0v) is 31.5. The number of rotatable bonds is 8. The van der Waals surface area contributed by atoms with Gasteiger partial charge in [-0.05, 0) is 102 Å². The molecule has 0 bridgehead atoms. The van der Waals surface area contributed by atoms with E-state index < -0.39 is 0 Å². The summed E-state index contributed by atoms with van der Waals surface area (Å²) in [5.41, 5.74) is 15.4. The summed E-state index contributed by atoms with van der Waals surface area (Å²) < 4.78 is 0. The van der Waals surface area contributed by atoms with E-state index in [4.69, 9.17) is 0 Å². The Balaban J connectivity index is 1.19. The molecular weight excluding hydrogens is 687 g/mol. The van der Waals surface area contributed by atoms with E-state index in [0.29, 0.717) is 0 Å². The summed E-state index contributed by atoms with van der Waals surface area (Å²) in [5.74, 6) is 0. The summed E-state index contributed by atoms with van der Waals surface area (Å²) in [7, 11) is 0. The van der Waals surface area contributed by atoms with E-state index in [-0.39, 0.29) is 0 Å². The van der Waals surface area contributed by atoms with E-state index in [1.807, 2.05) is 0 Å². The Morgan fingerprint density at radius 2 is 0.719 bits per heavy atom. The summed E-state index contributed by atoms with van der Waals surface area (Å²) in [6, 6.07) is 85.6. The molecule has 0 atom stereocenters. The van der Waals surface area contributed by atoms with Crippen LogP contribution >= 0.6 is 0 Å². The molecule has 0 radical (unpaired) electrons. The molecule has 10 rings (SSSR count). The van der Waals surface area contributed by atoms with Gasteiger partial charge in [0.2, 0.25) is 0 Å². The molecule has 10 aromatic rings. The lowest BCUT2D eigenvalue weighted by molar-refractivity contribution is 1.28. The maximum atomic E-state index is 2.40. The molecule has 0 unspecified atom stereocenters. The van der Waals surface area contributed by atoms with Crippen molar-refractivity contribution in [3.05, 3.63) is 237 Å². The molecule has 0 fully saturated rings. The summed E-state index contributed by atoms with van der Waals surface area (Å²) in [6.45, 7) is 0. The molecule has 0 saturated carbocycles. The lowest BCUT2D eigenvalue weighted by Gasteiger charge is -2.28. The van der Waals surface area contributed by atoms with Crippen molar-refractivity contribution in [3.63, 3.8) is 0 Å². The summed E-state index contributed by atoms with van der Waals surface area (Å²) in [4.78, 5) is 2.40. The average Bonchev–Trinajstić information content (AvgIpc) is 3.30. The third-order valence-corrected chi connectivity index (χ3v) is 11.1. The van der Waals surface area contributed by atoms with Gasteiger partial charge >= 0.3 is 0 Å². The highest BCUT2D eigenvalue weighted by Crippen LogP contribution is 2.48. The minimum Gasteiger partial charge on any atom is -0.310 e. The quantitative estimate of drug-likeness (QED) is 0.141. The van der Waals surface area contributed by atoms with Gasteiger partial charge in [0.25, 0.3) is 0 Å². The topological polar surface area (TPSA) is 3.24 Å². The van der Waals surface area contributed by atoms with Crippen molar-refractivity contribution in [2.75, 3.05) is 4.90 Å². The van der Waals surface area contributed by atoms with Crippen molar-refractivity contribution in [2.24, 2.45) is 0 Å². The van der Waals surface area contributed by atoms with Crippen LogP contribution in [0.5, 0.6) is 0 Å².